The number of carbonyl (C=O) groups excluding carboxylic acids is 2. The molecule has 0 aliphatic rings. The van der Waals surface area contributed by atoms with Gasteiger partial charge in [0.1, 0.15) is 12.1 Å². The third-order valence-electron chi connectivity index (χ3n) is 4.97. The Morgan fingerprint density at radius 1 is 1.09 bits per heavy atom. The number of rotatable bonds is 6. The highest BCUT2D eigenvalue weighted by Crippen LogP contribution is 2.17. The number of nitrogens with zero attached hydrogens (tertiary/aromatic N) is 5. The summed E-state index contributed by atoms with van der Waals surface area (Å²) in [4.78, 5) is 37.7. The summed E-state index contributed by atoms with van der Waals surface area (Å²) in [5.74, 6) is 0.516. The Balaban J connectivity index is 1.39. The molecule has 9 nitrogen and oxygen atoms in total. The molecule has 0 saturated carbocycles. The number of aryl methyl sites for hydroxylation is 2. The van der Waals surface area contributed by atoms with E-state index >= 15 is 0 Å². The van der Waals surface area contributed by atoms with E-state index in [9.17, 15) is 9.59 Å². The molecule has 0 bridgehead atoms. The van der Waals surface area contributed by atoms with Crippen LogP contribution in [0.25, 0.3) is 5.78 Å². The van der Waals surface area contributed by atoms with E-state index in [1.165, 1.54) is 6.33 Å². The topological polar surface area (TPSA) is 114 Å². The third-order valence-corrected chi connectivity index (χ3v) is 5.44. The minimum atomic E-state index is -0.311. The maximum absolute atomic E-state index is 12.5. The molecule has 4 rings (SSSR count). The quantitative estimate of drug-likeness (QED) is 0.422. The van der Waals surface area contributed by atoms with Crippen LogP contribution in [0.5, 0.6) is 0 Å². The molecule has 3 heterocycles. The lowest BCUT2D eigenvalue weighted by atomic mass is 10.1. The number of nitrogens with one attached hydrogen (secondary N) is 2. The van der Waals surface area contributed by atoms with Crippen molar-refractivity contribution in [3.05, 3.63) is 75.9 Å². The largest absolute Gasteiger partial charge is 0.326 e. The molecule has 10 heteroatoms. The lowest BCUT2D eigenvalue weighted by Crippen LogP contribution is -2.16. The summed E-state index contributed by atoms with van der Waals surface area (Å²) in [6.07, 6.45) is 3.84. The van der Waals surface area contributed by atoms with Gasteiger partial charge in [0.25, 0.3) is 11.7 Å². The Morgan fingerprint density at radius 3 is 2.72 bits per heavy atom. The maximum atomic E-state index is 12.5. The van der Waals surface area contributed by atoms with Gasteiger partial charge in [-0.05, 0) is 72.1 Å². The molecule has 162 valence electrons. The number of pyridine rings is 1. The second-order valence-corrected chi connectivity index (χ2v) is 8.09. The van der Waals surface area contributed by atoms with Crippen molar-refractivity contribution in [2.24, 2.45) is 0 Å². The summed E-state index contributed by atoms with van der Waals surface area (Å²) in [5.41, 5.74) is 3.67. The third kappa shape index (κ3) is 4.80. The van der Waals surface area contributed by atoms with E-state index in [0.29, 0.717) is 29.3 Å². The molecule has 0 saturated heterocycles. The van der Waals surface area contributed by atoms with Crippen LogP contribution in [0.3, 0.4) is 0 Å². The van der Waals surface area contributed by atoms with Crippen LogP contribution in [0, 0.1) is 13.8 Å². The summed E-state index contributed by atoms with van der Waals surface area (Å²) in [7, 11) is 0. The normalized spacial score (nSPS) is 10.8. The molecule has 2 N–H and O–H groups in total. The molecule has 0 fully saturated rings. The highest BCUT2D eigenvalue weighted by atomic mass is 79.9. The molecule has 0 spiro atoms. The van der Waals surface area contributed by atoms with Crippen molar-refractivity contribution >= 4 is 45.0 Å². The molecular weight excluding hydrogens is 474 g/mol. The number of anilines is 2. The van der Waals surface area contributed by atoms with E-state index in [2.05, 4.69) is 46.6 Å². The second kappa shape index (κ2) is 9.23. The lowest BCUT2D eigenvalue weighted by Gasteiger charge is -2.11. The van der Waals surface area contributed by atoms with Crippen LogP contribution in [0.4, 0.5) is 11.5 Å². The standard InChI is InChI=1S/C22H20BrN7O2/c1-13-18(14(2)30-22(27-13)25-12-26-30)7-9-20(31)28-17-5-3-4-15(10-17)21(32)29-19-8-6-16(23)11-24-19/h3-6,8,10-12H,7,9H2,1-2H3,(H,28,31)(H,24,29,32). The number of aromatic nitrogens is 5. The van der Waals surface area contributed by atoms with Crippen molar-refractivity contribution in [1.82, 2.24) is 24.6 Å². The van der Waals surface area contributed by atoms with Gasteiger partial charge in [-0.3, -0.25) is 9.59 Å². The molecular formula is C22H20BrN7O2. The molecule has 2 amide bonds. The first-order chi connectivity index (χ1) is 15.4. The fourth-order valence-corrected chi connectivity index (χ4v) is 3.59. The van der Waals surface area contributed by atoms with Gasteiger partial charge >= 0.3 is 0 Å². The van der Waals surface area contributed by atoms with Crippen LogP contribution in [0.1, 0.15) is 33.7 Å². The monoisotopic (exact) mass is 493 g/mol. The van der Waals surface area contributed by atoms with Crippen LogP contribution in [0.15, 0.2) is 53.4 Å². The molecule has 0 aliphatic carbocycles. The van der Waals surface area contributed by atoms with Crippen LogP contribution in [-0.4, -0.2) is 36.4 Å². The highest BCUT2D eigenvalue weighted by Gasteiger charge is 2.13. The average Bonchev–Trinajstić information content (AvgIpc) is 3.24. The minimum Gasteiger partial charge on any atom is -0.326 e. The van der Waals surface area contributed by atoms with Crippen molar-refractivity contribution in [2.75, 3.05) is 10.6 Å². The fourth-order valence-electron chi connectivity index (χ4n) is 3.36. The Kier molecular flexibility index (Phi) is 6.22. The number of halogens is 1. The van der Waals surface area contributed by atoms with Crippen molar-refractivity contribution in [2.45, 2.75) is 26.7 Å². The predicted molar refractivity (Wildman–Crippen MR) is 124 cm³/mol. The summed E-state index contributed by atoms with van der Waals surface area (Å²) in [5, 5.41) is 9.76. The van der Waals surface area contributed by atoms with Crippen LogP contribution in [-0.2, 0) is 11.2 Å². The van der Waals surface area contributed by atoms with Crippen LogP contribution >= 0.6 is 15.9 Å². The Hall–Kier alpha value is -3.66. The van der Waals surface area contributed by atoms with E-state index in [-0.39, 0.29) is 18.2 Å². The first-order valence-corrected chi connectivity index (χ1v) is 10.7. The summed E-state index contributed by atoms with van der Waals surface area (Å²) in [6, 6.07) is 10.3. The van der Waals surface area contributed by atoms with Gasteiger partial charge in [-0.1, -0.05) is 6.07 Å². The fraction of sp³-hybridized carbons (Fsp3) is 0.182. The SMILES string of the molecule is Cc1nc2ncnn2c(C)c1CCC(=O)Nc1cccc(C(=O)Nc2ccc(Br)cn2)c1. The second-order valence-electron chi connectivity index (χ2n) is 7.18. The minimum absolute atomic E-state index is 0.158. The first-order valence-electron chi connectivity index (χ1n) is 9.89. The number of hydrogen-bond donors (Lipinski definition) is 2. The Morgan fingerprint density at radius 2 is 1.94 bits per heavy atom. The van der Waals surface area contributed by atoms with Crippen LogP contribution < -0.4 is 10.6 Å². The number of hydrogen-bond acceptors (Lipinski definition) is 6. The van der Waals surface area contributed by atoms with Gasteiger partial charge in [0.05, 0.1) is 0 Å². The van der Waals surface area contributed by atoms with Crippen molar-refractivity contribution in [1.29, 1.82) is 0 Å². The van der Waals surface area contributed by atoms with E-state index < -0.39 is 0 Å². The molecule has 3 aromatic heterocycles. The number of benzene rings is 1. The van der Waals surface area contributed by atoms with Crippen molar-refractivity contribution < 1.29 is 9.59 Å². The maximum Gasteiger partial charge on any atom is 0.256 e. The molecule has 0 unspecified atom stereocenters. The highest BCUT2D eigenvalue weighted by molar-refractivity contribution is 9.10. The molecule has 1 aromatic carbocycles. The van der Waals surface area contributed by atoms with Crippen LogP contribution in [0.2, 0.25) is 0 Å². The lowest BCUT2D eigenvalue weighted by molar-refractivity contribution is -0.116. The average molecular weight is 494 g/mol. The van der Waals surface area contributed by atoms with E-state index in [1.54, 1.807) is 47.1 Å². The van der Waals surface area contributed by atoms with Gasteiger partial charge in [0, 0.05) is 39.7 Å². The van der Waals surface area contributed by atoms with E-state index in [1.807, 2.05) is 13.8 Å². The zero-order valence-electron chi connectivity index (χ0n) is 17.5. The molecule has 32 heavy (non-hydrogen) atoms. The summed E-state index contributed by atoms with van der Waals surface area (Å²) >= 11 is 3.31. The van der Waals surface area contributed by atoms with Gasteiger partial charge in [-0.2, -0.15) is 10.1 Å². The molecule has 0 atom stereocenters. The zero-order chi connectivity index (χ0) is 22.7. The predicted octanol–water partition coefficient (Wildman–Crippen LogP) is 3.72. The van der Waals surface area contributed by atoms with Gasteiger partial charge in [-0.25, -0.2) is 14.5 Å². The number of amides is 2. The molecule has 0 radical (unpaired) electrons. The van der Waals surface area contributed by atoms with E-state index in [0.717, 1.165) is 21.4 Å². The Labute approximate surface area is 192 Å². The van der Waals surface area contributed by atoms with Gasteiger partial charge in [0.2, 0.25) is 5.91 Å². The molecule has 0 aliphatic heterocycles. The smallest absolute Gasteiger partial charge is 0.256 e. The molecule has 4 aromatic rings. The Bertz CT molecular complexity index is 1300. The zero-order valence-corrected chi connectivity index (χ0v) is 19.0. The number of fused-ring (bicyclic) bond motifs is 1. The summed E-state index contributed by atoms with van der Waals surface area (Å²) in [6.45, 7) is 3.84. The van der Waals surface area contributed by atoms with Gasteiger partial charge < -0.3 is 10.6 Å². The van der Waals surface area contributed by atoms with Crippen molar-refractivity contribution in [3.8, 4) is 0 Å². The first kappa shape index (κ1) is 21.6. The number of carbonyl (C=O) groups is 2. The van der Waals surface area contributed by atoms with Gasteiger partial charge in [0.15, 0.2) is 0 Å². The van der Waals surface area contributed by atoms with Gasteiger partial charge in [-0.15, -0.1) is 0 Å². The summed E-state index contributed by atoms with van der Waals surface area (Å²) < 4.78 is 2.49. The van der Waals surface area contributed by atoms with E-state index in [4.69, 9.17) is 0 Å². The van der Waals surface area contributed by atoms with Crippen molar-refractivity contribution in [3.63, 3.8) is 0 Å².